The lowest BCUT2D eigenvalue weighted by Crippen LogP contribution is -2.26. The third-order valence-corrected chi connectivity index (χ3v) is 6.76. The van der Waals surface area contributed by atoms with E-state index in [4.69, 9.17) is 4.74 Å². The van der Waals surface area contributed by atoms with Gasteiger partial charge in [0.05, 0.1) is 10.3 Å². The van der Waals surface area contributed by atoms with Crippen LogP contribution in [0.15, 0.2) is 82.3 Å². The van der Waals surface area contributed by atoms with Crippen LogP contribution in [-0.2, 0) is 11.5 Å². The first-order chi connectivity index (χ1) is 16.6. The van der Waals surface area contributed by atoms with Gasteiger partial charge in [0.15, 0.2) is 6.73 Å². The molecule has 1 amide bonds. The predicted octanol–water partition coefficient (Wildman–Crippen LogP) is 4.65. The highest BCUT2D eigenvalue weighted by atomic mass is 32.1. The molecule has 0 fully saturated rings. The first-order valence-electron chi connectivity index (χ1n) is 10.1. The summed E-state index contributed by atoms with van der Waals surface area (Å²) in [6.45, 7) is -0.419. The van der Waals surface area contributed by atoms with E-state index in [-0.39, 0.29) is 11.5 Å². The van der Waals surface area contributed by atoms with Crippen LogP contribution in [0.3, 0.4) is 0 Å². The molecule has 2 aromatic carbocycles. The third kappa shape index (κ3) is 4.24. The minimum Gasteiger partial charge on any atom is -0.438 e. The first-order valence-corrected chi connectivity index (χ1v) is 11.9. The maximum Gasteiger partial charge on any atom is 0.343 e. The summed E-state index contributed by atoms with van der Waals surface area (Å²) >= 11 is 2.53. The van der Waals surface area contributed by atoms with Crippen molar-refractivity contribution in [1.82, 2.24) is 15.0 Å². The summed E-state index contributed by atoms with van der Waals surface area (Å²) in [6.07, 6.45) is 0. The standard InChI is InChI=1S/C24H16N4O4S2/c29-21(19-11-6-12-33-19)25-22-20(17(13-34-22)15-7-2-1-3-8-15)24(31)32-14-28-23(30)16-9-4-5-10-18(16)26-27-28/h1-13H,14H2,(H,25,29). The molecule has 8 nitrogen and oxygen atoms in total. The number of thiophene rings is 2. The second-order valence-electron chi connectivity index (χ2n) is 7.12. The van der Waals surface area contributed by atoms with Gasteiger partial charge in [-0.1, -0.05) is 53.7 Å². The van der Waals surface area contributed by atoms with Crippen molar-refractivity contribution >= 4 is 50.5 Å². The van der Waals surface area contributed by atoms with E-state index in [1.165, 1.54) is 22.7 Å². The van der Waals surface area contributed by atoms with Crippen LogP contribution in [-0.4, -0.2) is 26.9 Å². The fourth-order valence-corrected chi connectivity index (χ4v) is 4.93. The van der Waals surface area contributed by atoms with Crippen molar-refractivity contribution in [3.05, 3.63) is 98.3 Å². The molecular weight excluding hydrogens is 472 g/mol. The number of aromatic nitrogens is 3. The highest BCUT2D eigenvalue weighted by Gasteiger charge is 2.24. The van der Waals surface area contributed by atoms with Crippen LogP contribution in [0.5, 0.6) is 0 Å². The molecule has 5 rings (SSSR count). The molecule has 0 unspecified atom stereocenters. The molecule has 3 heterocycles. The summed E-state index contributed by atoms with van der Waals surface area (Å²) in [5.41, 5.74) is 1.66. The van der Waals surface area contributed by atoms with Gasteiger partial charge in [-0.3, -0.25) is 9.59 Å². The topological polar surface area (TPSA) is 103 Å². The Morgan fingerprint density at radius 1 is 0.971 bits per heavy atom. The fraction of sp³-hybridized carbons (Fsp3) is 0.0417. The lowest BCUT2D eigenvalue weighted by atomic mass is 10.0. The molecule has 168 valence electrons. The van der Waals surface area contributed by atoms with Crippen molar-refractivity contribution in [2.75, 3.05) is 5.32 Å². The van der Waals surface area contributed by atoms with Crippen molar-refractivity contribution < 1.29 is 14.3 Å². The second kappa shape index (κ2) is 9.38. The number of hydrogen-bond acceptors (Lipinski definition) is 8. The summed E-state index contributed by atoms with van der Waals surface area (Å²) in [4.78, 5) is 39.0. The van der Waals surface area contributed by atoms with Crippen LogP contribution in [0.1, 0.15) is 20.0 Å². The van der Waals surface area contributed by atoms with Crippen LogP contribution in [0.25, 0.3) is 22.0 Å². The number of carbonyl (C=O) groups excluding carboxylic acids is 2. The van der Waals surface area contributed by atoms with Gasteiger partial charge in [0, 0.05) is 10.9 Å². The van der Waals surface area contributed by atoms with Gasteiger partial charge in [0.2, 0.25) is 0 Å². The lowest BCUT2D eigenvalue weighted by Gasteiger charge is -2.10. The maximum absolute atomic E-state index is 13.2. The zero-order valence-corrected chi connectivity index (χ0v) is 19.1. The number of rotatable bonds is 6. The highest BCUT2D eigenvalue weighted by Crippen LogP contribution is 2.36. The minimum atomic E-state index is -0.691. The fourth-order valence-electron chi connectivity index (χ4n) is 3.36. The molecule has 34 heavy (non-hydrogen) atoms. The van der Waals surface area contributed by atoms with Crippen LogP contribution < -0.4 is 10.9 Å². The number of nitrogens with zero attached hydrogens (tertiary/aromatic N) is 3. The Morgan fingerprint density at radius 2 is 1.76 bits per heavy atom. The SMILES string of the molecule is O=C(Nc1scc(-c2ccccc2)c1C(=O)OCn1nnc2ccccc2c1=O)c1cccs1. The number of hydrogen-bond donors (Lipinski definition) is 1. The van der Waals surface area contributed by atoms with Crippen molar-refractivity contribution in [2.24, 2.45) is 0 Å². The third-order valence-electron chi connectivity index (χ3n) is 5.00. The molecule has 5 aromatic rings. The van der Waals surface area contributed by atoms with Gasteiger partial charge in [-0.2, -0.15) is 4.68 Å². The zero-order valence-electron chi connectivity index (χ0n) is 17.5. The molecule has 0 saturated carbocycles. The van der Waals surface area contributed by atoms with Gasteiger partial charge in [-0.05, 0) is 29.1 Å². The van der Waals surface area contributed by atoms with Crippen LogP contribution >= 0.6 is 22.7 Å². The van der Waals surface area contributed by atoms with Crippen LogP contribution in [0.4, 0.5) is 5.00 Å². The van der Waals surface area contributed by atoms with E-state index in [1.54, 1.807) is 47.2 Å². The summed E-state index contributed by atoms with van der Waals surface area (Å²) in [7, 11) is 0. The first kappa shape index (κ1) is 21.7. The van der Waals surface area contributed by atoms with Crippen molar-refractivity contribution in [3.63, 3.8) is 0 Å². The van der Waals surface area contributed by atoms with Gasteiger partial charge in [-0.25, -0.2) is 4.79 Å². The lowest BCUT2D eigenvalue weighted by molar-refractivity contribution is 0.0339. The Balaban J connectivity index is 1.45. The number of anilines is 1. The molecule has 0 aliphatic carbocycles. The van der Waals surface area contributed by atoms with Gasteiger partial charge >= 0.3 is 5.97 Å². The Labute approximate surface area is 201 Å². The molecule has 1 N–H and O–H groups in total. The normalized spacial score (nSPS) is 10.8. The van der Waals surface area contributed by atoms with Crippen LogP contribution in [0.2, 0.25) is 0 Å². The van der Waals surface area contributed by atoms with E-state index in [0.29, 0.717) is 26.3 Å². The van der Waals surface area contributed by atoms with Crippen LogP contribution in [0, 0.1) is 0 Å². The Hall–Kier alpha value is -4.15. The predicted molar refractivity (Wildman–Crippen MR) is 131 cm³/mol. The minimum absolute atomic E-state index is 0.211. The molecule has 0 spiro atoms. The van der Waals surface area contributed by atoms with E-state index in [1.807, 2.05) is 30.3 Å². The van der Waals surface area contributed by atoms with Crippen molar-refractivity contribution in [1.29, 1.82) is 0 Å². The number of nitrogens with one attached hydrogen (secondary N) is 1. The molecule has 0 saturated heterocycles. The summed E-state index contributed by atoms with van der Waals surface area (Å²) in [5, 5.41) is 15.0. The van der Waals surface area contributed by atoms with Gasteiger partial charge in [-0.15, -0.1) is 27.8 Å². The average molecular weight is 489 g/mol. The monoisotopic (exact) mass is 488 g/mol. The Kier molecular flexibility index (Phi) is 5.98. The van der Waals surface area contributed by atoms with E-state index >= 15 is 0 Å². The number of ether oxygens (including phenoxy) is 1. The van der Waals surface area contributed by atoms with Crippen molar-refractivity contribution in [3.8, 4) is 11.1 Å². The van der Waals surface area contributed by atoms with Crippen molar-refractivity contribution in [2.45, 2.75) is 6.73 Å². The average Bonchev–Trinajstić information content (AvgIpc) is 3.55. The van der Waals surface area contributed by atoms with Gasteiger partial charge in [0.1, 0.15) is 16.1 Å². The van der Waals surface area contributed by atoms with Gasteiger partial charge in [0.25, 0.3) is 11.5 Å². The highest BCUT2D eigenvalue weighted by molar-refractivity contribution is 7.15. The summed E-state index contributed by atoms with van der Waals surface area (Å²) in [6, 6.07) is 19.6. The Bertz CT molecular complexity index is 1540. The molecule has 0 aliphatic heterocycles. The Morgan fingerprint density at radius 3 is 2.56 bits per heavy atom. The van der Waals surface area contributed by atoms with E-state index < -0.39 is 18.3 Å². The zero-order chi connectivity index (χ0) is 23.5. The second-order valence-corrected chi connectivity index (χ2v) is 8.95. The molecule has 0 bridgehead atoms. The number of carbonyl (C=O) groups is 2. The summed E-state index contributed by atoms with van der Waals surface area (Å²) < 4.78 is 6.44. The smallest absolute Gasteiger partial charge is 0.343 e. The molecular formula is C24H16N4O4S2. The largest absolute Gasteiger partial charge is 0.438 e. The molecule has 0 aliphatic rings. The quantitative estimate of drug-likeness (QED) is 0.349. The van der Waals surface area contributed by atoms with E-state index in [9.17, 15) is 14.4 Å². The molecule has 0 radical (unpaired) electrons. The number of benzene rings is 2. The molecule has 0 atom stereocenters. The number of esters is 1. The maximum atomic E-state index is 13.2. The number of amides is 1. The molecule has 10 heteroatoms. The van der Waals surface area contributed by atoms with E-state index in [0.717, 1.165) is 10.2 Å². The molecule has 3 aromatic heterocycles. The summed E-state index contributed by atoms with van der Waals surface area (Å²) in [5.74, 6) is -1.01. The van der Waals surface area contributed by atoms with Gasteiger partial charge < -0.3 is 10.1 Å². The van der Waals surface area contributed by atoms with E-state index in [2.05, 4.69) is 15.6 Å². The number of fused-ring (bicyclic) bond motifs is 1.